The van der Waals surface area contributed by atoms with E-state index in [-0.39, 0.29) is 0 Å². The minimum atomic E-state index is 0.302. The van der Waals surface area contributed by atoms with Crippen LogP contribution in [0, 0.1) is 6.92 Å². The zero-order valence-corrected chi connectivity index (χ0v) is 14.2. The second-order valence-electron chi connectivity index (χ2n) is 5.18. The van der Waals surface area contributed by atoms with Gasteiger partial charge in [-0.2, -0.15) is 0 Å². The van der Waals surface area contributed by atoms with Crippen LogP contribution in [0.25, 0.3) is 0 Å². The summed E-state index contributed by atoms with van der Waals surface area (Å²) in [6, 6.07) is 0. The van der Waals surface area contributed by atoms with Crippen LogP contribution in [0.2, 0.25) is 4.34 Å². The molecule has 1 unspecified atom stereocenters. The van der Waals surface area contributed by atoms with Crippen LogP contribution in [-0.2, 0) is 17.8 Å². The Morgan fingerprint density at radius 2 is 2.38 bits per heavy atom. The van der Waals surface area contributed by atoms with E-state index < -0.39 is 0 Å². The molecule has 2 aromatic rings. The van der Waals surface area contributed by atoms with Crippen LogP contribution in [0.3, 0.4) is 0 Å². The number of thiazole rings is 1. The highest BCUT2D eigenvalue weighted by Crippen LogP contribution is 2.22. The maximum Gasteiger partial charge on any atom is 0.138 e. The molecule has 2 aromatic heterocycles. The number of ether oxygens (including phenoxy) is 1. The molecule has 1 fully saturated rings. The van der Waals surface area contributed by atoms with Crippen molar-refractivity contribution in [1.82, 2.24) is 19.5 Å². The zero-order valence-electron chi connectivity index (χ0n) is 11.8. The van der Waals surface area contributed by atoms with E-state index in [2.05, 4.69) is 24.9 Å². The summed E-state index contributed by atoms with van der Waals surface area (Å²) in [5, 5.41) is 7.31. The predicted octanol–water partition coefficient (Wildman–Crippen LogP) is 3.14. The molecule has 1 atom stereocenters. The number of hydrogen-bond acceptors (Lipinski definition) is 7. The van der Waals surface area contributed by atoms with Gasteiger partial charge in [0, 0.05) is 42.3 Å². The highest BCUT2D eigenvalue weighted by molar-refractivity contribution is 7.10. The van der Waals surface area contributed by atoms with Gasteiger partial charge in [-0.15, -0.1) is 16.4 Å². The minimum Gasteiger partial charge on any atom is -0.377 e. The smallest absolute Gasteiger partial charge is 0.138 e. The predicted molar refractivity (Wildman–Crippen MR) is 84.9 cm³/mol. The molecule has 3 heterocycles. The van der Waals surface area contributed by atoms with Gasteiger partial charge in [-0.1, -0.05) is 16.1 Å². The molecule has 0 N–H and O–H groups in total. The lowest BCUT2D eigenvalue weighted by Crippen LogP contribution is -2.31. The van der Waals surface area contributed by atoms with Gasteiger partial charge in [0.15, 0.2) is 0 Å². The lowest BCUT2D eigenvalue weighted by Gasteiger charge is -2.23. The van der Waals surface area contributed by atoms with Crippen LogP contribution in [0.15, 0.2) is 5.38 Å². The first-order valence-electron chi connectivity index (χ1n) is 6.92. The zero-order chi connectivity index (χ0) is 14.7. The van der Waals surface area contributed by atoms with E-state index in [0.717, 1.165) is 48.9 Å². The van der Waals surface area contributed by atoms with Gasteiger partial charge in [-0.05, 0) is 19.8 Å². The van der Waals surface area contributed by atoms with Crippen LogP contribution in [0.4, 0.5) is 0 Å². The standard InChI is InChI=1S/C13H17ClN4OS2/c1-9-8-20-12(15-9)7-18(5-10-3-2-4-19-10)6-11-13(14)21-17-16-11/h8,10H,2-7H2,1H3. The second-order valence-corrected chi connectivity index (χ2v) is 7.48. The topological polar surface area (TPSA) is 51.1 Å². The molecular weight excluding hydrogens is 328 g/mol. The number of hydrogen-bond donors (Lipinski definition) is 0. The van der Waals surface area contributed by atoms with Gasteiger partial charge in [0.2, 0.25) is 0 Å². The van der Waals surface area contributed by atoms with Crippen molar-refractivity contribution >= 4 is 34.5 Å². The Hall–Kier alpha value is -0.600. The molecule has 21 heavy (non-hydrogen) atoms. The van der Waals surface area contributed by atoms with E-state index in [4.69, 9.17) is 16.3 Å². The van der Waals surface area contributed by atoms with Gasteiger partial charge in [0.1, 0.15) is 15.0 Å². The largest absolute Gasteiger partial charge is 0.377 e. The van der Waals surface area contributed by atoms with Crippen LogP contribution in [0.5, 0.6) is 0 Å². The molecule has 114 valence electrons. The molecule has 0 amide bonds. The Bertz CT molecular complexity index is 582. The van der Waals surface area contributed by atoms with E-state index in [1.807, 2.05) is 6.92 Å². The summed E-state index contributed by atoms with van der Waals surface area (Å²) in [7, 11) is 0. The van der Waals surface area contributed by atoms with E-state index in [1.54, 1.807) is 11.3 Å². The normalized spacial score (nSPS) is 18.7. The Morgan fingerprint density at radius 1 is 1.48 bits per heavy atom. The number of aryl methyl sites for hydroxylation is 1. The lowest BCUT2D eigenvalue weighted by molar-refractivity contribution is 0.0674. The maximum absolute atomic E-state index is 6.13. The maximum atomic E-state index is 6.13. The van der Waals surface area contributed by atoms with Gasteiger partial charge in [-0.25, -0.2) is 4.98 Å². The minimum absolute atomic E-state index is 0.302. The fourth-order valence-electron chi connectivity index (χ4n) is 2.43. The molecule has 1 saturated heterocycles. The average molecular weight is 345 g/mol. The van der Waals surface area contributed by atoms with Gasteiger partial charge < -0.3 is 4.74 Å². The summed E-state index contributed by atoms with van der Waals surface area (Å²) in [5.41, 5.74) is 1.91. The third-order valence-electron chi connectivity index (χ3n) is 3.39. The summed E-state index contributed by atoms with van der Waals surface area (Å²) in [6.07, 6.45) is 2.57. The molecular formula is C13H17ClN4OS2. The highest BCUT2D eigenvalue weighted by Gasteiger charge is 2.21. The molecule has 8 heteroatoms. The van der Waals surface area contributed by atoms with E-state index in [1.165, 1.54) is 11.5 Å². The van der Waals surface area contributed by atoms with Crippen molar-refractivity contribution in [2.75, 3.05) is 13.2 Å². The molecule has 1 aliphatic rings. The molecule has 0 bridgehead atoms. The third-order valence-corrected chi connectivity index (χ3v) is 5.33. The van der Waals surface area contributed by atoms with E-state index >= 15 is 0 Å². The first-order chi connectivity index (χ1) is 10.2. The Labute approximate surface area is 137 Å². The van der Waals surface area contributed by atoms with Crippen molar-refractivity contribution < 1.29 is 4.74 Å². The van der Waals surface area contributed by atoms with Crippen molar-refractivity contribution in [3.63, 3.8) is 0 Å². The van der Waals surface area contributed by atoms with Gasteiger partial charge in [-0.3, -0.25) is 4.90 Å². The summed E-state index contributed by atoms with van der Waals surface area (Å²) in [5.74, 6) is 0. The summed E-state index contributed by atoms with van der Waals surface area (Å²) >= 11 is 9.06. The SMILES string of the molecule is Cc1csc(CN(Cc2nnsc2Cl)CC2CCCO2)n1. The molecule has 0 aliphatic carbocycles. The van der Waals surface area contributed by atoms with Crippen LogP contribution in [-0.4, -0.2) is 38.7 Å². The third kappa shape index (κ3) is 4.20. The molecule has 1 aliphatic heterocycles. The summed E-state index contributed by atoms with van der Waals surface area (Å²) < 4.78 is 10.3. The summed E-state index contributed by atoms with van der Waals surface area (Å²) in [4.78, 5) is 6.85. The average Bonchev–Trinajstić information content (AvgIpc) is 3.16. The summed E-state index contributed by atoms with van der Waals surface area (Å²) in [6.45, 7) is 5.26. The first kappa shape index (κ1) is 15.3. The molecule has 3 rings (SSSR count). The number of halogens is 1. The number of nitrogens with zero attached hydrogens (tertiary/aromatic N) is 4. The van der Waals surface area contributed by atoms with Crippen molar-refractivity contribution in [2.45, 2.75) is 39.0 Å². The number of aromatic nitrogens is 3. The molecule has 0 spiro atoms. The molecule has 0 aromatic carbocycles. The van der Waals surface area contributed by atoms with Crippen LogP contribution < -0.4 is 0 Å². The Morgan fingerprint density at radius 3 is 3.00 bits per heavy atom. The first-order valence-corrected chi connectivity index (χ1v) is 8.95. The lowest BCUT2D eigenvalue weighted by atomic mass is 10.2. The quantitative estimate of drug-likeness (QED) is 0.805. The fraction of sp³-hybridized carbons (Fsp3) is 0.615. The van der Waals surface area contributed by atoms with Crippen molar-refractivity contribution in [3.8, 4) is 0 Å². The van der Waals surface area contributed by atoms with E-state index in [0.29, 0.717) is 17.0 Å². The van der Waals surface area contributed by atoms with E-state index in [9.17, 15) is 0 Å². The molecule has 0 saturated carbocycles. The van der Waals surface area contributed by atoms with Gasteiger partial charge in [0.05, 0.1) is 12.6 Å². The van der Waals surface area contributed by atoms with Crippen molar-refractivity contribution in [3.05, 3.63) is 26.1 Å². The Kier molecular flexibility index (Phi) is 5.18. The van der Waals surface area contributed by atoms with Crippen LogP contribution >= 0.6 is 34.5 Å². The fourth-order valence-corrected chi connectivity index (χ4v) is 3.86. The molecule has 5 nitrogen and oxygen atoms in total. The second kappa shape index (κ2) is 7.11. The van der Waals surface area contributed by atoms with Crippen molar-refractivity contribution in [1.29, 1.82) is 0 Å². The number of rotatable bonds is 6. The van der Waals surface area contributed by atoms with Gasteiger partial charge in [0.25, 0.3) is 0 Å². The Balaban J connectivity index is 1.68. The monoisotopic (exact) mass is 344 g/mol. The van der Waals surface area contributed by atoms with Crippen LogP contribution in [0.1, 0.15) is 29.2 Å². The molecule has 0 radical (unpaired) electrons. The highest BCUT2D eigenvalue weighted by atomic mass is 35.5. The van der Waals surface area contributed by atoms with Gasteiger partial charge >= 0.3 is 0 Å². The van der Waals surface area contributed by atoms with Crippen molar-refractivity contribution in [2.24, 2.45) is 0 Å².